The van der Waals surface area contributed by atoms with Crippen molar-refractivity contribution in [3.05, 3.63) is 200 Å². The summed E-state index contributed by atoms with van der Waals surface area (Å²) < 4.78 is 4.67. The molecule has 4 heteroatoms. The molecule has 0 aliphatic rings. The van der Waals surface area contributed by atoms with Crippen molar-refractivity contribution in [1.82, 2.24) is 14.5 Å². The fourth-order valence-corrected chi connectivity index (χ4v) is 9.28. The van der Waals surface area contributed by atoms with Crippen LogP contribution in [-0.4, -0.2) is 14.5 Å². The van der Waals surface area contributed by atoms with E-state index >= 15 is 0 Å². The number of benzene rings is 8. The SMILES string of the molecule is c1ccc(-c2ccc(-c3nc(-c4ccccc4)nc4c3sc3cc(-c5cccc(-c6cccc(-n7c8ccccc8c8ccccc87)c6)c5)ccc34)cc2)cc1. The maximum absolute atomic E-state index is 5.22. The summed E-state index contributed by atoms with van der Waals surface area (Å²) in [7, 11) is 0. The van der Waals surface area contributed by atoms with Gasteiger partial charge < -0.3 is 4.57 Å². The molecule has 0 amide bonds. The minimum absolute atomic E-state index is 0.736. The average Bonchev–Trinajstić information content (AvgIpc) is 3.82. The van der Waals surface area contributed by atoms with Gasteiger partial charge in [0.2, 0.25) is 0 Å². The van der Waals surface area contributed by atoms with Gasteiger partial charge in [0.05, 0.1) is 26.9 Å². The third-order valence-corrected chi connectivity index (χ3v) is 12.0. The van der Waals surface area contributed by atoms with Crippen molar-refractivity contribution in [2.45, 2.75) is 0 Å². The van der Waals surface area contributed by atoms with E-state index in [0.717, 1.165) is 43.9 Å². The molecule has 0 saturated heterocycles. The number of thiophene rings is 1. The Morgan fingerprint density at radius 3 is 1.57 bits per heavy atom. The Balaban J connectivity index is 1.00. The lowest BCUT2D eigenvalue weighted by atomic mass is 9.98. The quantitative estimate of drug-likeness (QED) is 0.170. The maximum Gasteiger partial charge on any atom is 0.160 e. The van der Waals surface area contributed by atoms with Gasteiger partial charge in [0.1, 0.15) is 0 Å². The van der Waals surface area contributed by atoms with Crippen LogP contribution in [0.15, 0.2) is 200 Å². The van der Waals surface area contributed by atoms with E-state index in [4.69, 9.17) is 9.97 Å². The highest BCUT2D eigenvalue weighted by atomic mass is 32.1. The topological polar surface area (TPSA) is 30.7 Å². The fourth-order valence-electron chi connectivity index (χ4n) is 8.09. The fraction of sp³-hybridized carbons (Fsp3) is 0. The normalized spacial score (nSPS) is 11.6. The zero-order valence-electron chi connectivity index (χ0n) is 30.3. The van der Waals surface area contributed by atoms with Gasteiger partial charge in [-0.25, -0.2) is 9.97 Å². The number of nitrogens with zero attached hydrogens (tertiary/aromatic N) is 3. The zero-order valence-corrected chi connectivity index (χ0v) is 31.1. The van der Waals surface area contributed by atoms with Crippen LogP contribution in [0, 0.1) is 0 Å². The highest BCUT2D eigenvalue weighted by molar-refractivity contribution is 7.26. The average molecular weight is 732 g/mol. The van der Waals surface area contributed by atoms with Crippen LogP contribution < -0.4 is 0 Å². The van der Waals surface area contributed by atoms with Crippen LogP contribution in [0.2, 0.25) is 0 Å². The second-order valence-corrected chi connectivity index (χ2v) is 15.2. The molecule has 262 valence electrons. The van der Waals surface area contributed by atoms with E-state index in [2.05, 4.69) is 187 Å². The van der Waals surface area contributed by atoms with E-state index in [-0.39, 0.29) is 0 Å². The van der Waals surface area contributed by atoms with Crippen LogP contribution in [0.5, 0.6) is 0 Å². The van der Waals surface area contributed by atoms with Crippen molar-refractivity contribution < 1.29 is 0 Å². The van der Waals surface area contributed by atoms with E-state index in [1.165, 1.54) is 59.9 Å². The Morgan fingerprint density at radius 1 is 0.357 bits per heavy atom. The summed E-state index contributed by atoms with van der Waals surface area (Å²) in [4.78, 5) is 10.4. The first-order valence-corrected chi connectivity index (χ1v) is 19.7. The summed E-state index contributed by atoms with van der Waals surface area (Å²) >= 11 is 1.77. The van der Waals surface area contributed by atoms with E-state index in [0.29, 0.717) is 0 Å². The molecule has 0 unspecified atom stereocenters. The molecule has 3 nitrogen and oxygen atoms in total. The molecule has 3 heterocycles. The lowest BCUT2D eigenvalue weighted by Gasteiger charge is -2.11. The van der Waals surface area contributed by atoms with Crippen molar-refractivity contribution >= 4 is 53.4 Å². The zero-order chi connectivity index (χ0) is 37.0. The minimum atomic E-state index is 0.736. The standard InChI is InChI=1S/C52H33N3S/c1-3-13-34(14-4-1)35-25-27-36(28-26-35)49-51-50(54-52(53-49)37-15-5-2-6-16-37)45-30-29-41(33-48(45)56-51)39-18-11-17-38(31-39)40-19-12-20-42(32-40)55-46-23-9-7-21-43(46)44-22-8-10-24-47(44)55/h1-33H. The van der Waals surface area contributed by atoms with Gasteiger partial charge >= 0.3 is 0 Å². The van der Waals surface area contributed by atoms with Gasteiger partial charge in [0.25, 0.3) is 0 Å². The van der Waals surface area contributed by atoms with Gasteiger partial charge in [0.15, 0.2) is 5.82 Å². The molecular weight excluding hydrogens is 699 g/mol. The molecule has 11 aromatic rings. The second kappa shape index (κ2) is 13.3. The molecule has 0 fully saturated rings. The molecule has 0 bridgehead atoms. The lowest BCUT2D eigenvalue weighted by Crippen LogP contribution is -1.94. The third kappa shape index (κ3) is 5.50. The summed E-state index contributed by atoms with van der Waals surface area (Å²) in [5.41, 5.74) is 14.7. The van der Waals surface area contributed by atoms with E-state index in [1.807, 2.05) is 18.2 Å². The summed E-state index contributed by atoms with van der Waals surface area (Å²) in [6.45, 7) is 0. The Kier molecular flexibility index (Phi) is 7.68. The smallest absolute Gasteiger partial charge is 0.160 e. The number of para-hydroxylation sites is 2. The van der Waals surface area contributed by atoms with Gasteiger partial charge in [-0.3, -0.25) is 0 Å². The molecule has 3 aromatic heterocycles. The Bertz CT molecular complexity index is 3180. The maximum atomic E-state index is 5.22. The highest BCUT2D eigenvalue weighted by Crippen LogP contribution is 2.42. The predicted molar refractivity (Wildman–Crippen MR) is 236 cm³/mol. The molecule has 0 radical (unpaired) electrons. The largest absolute Gasteiger partial charge is 0.309 e. The molecule has 0 saturated carbocycles. The van der Waals surface area contributed by atoms with E-state index < -0.39 is 0 Å². The molecule has 8 aromatic carbocycles. The van der Waals surface area contributed by atoms with Crippen LogP contribution >= 0.6 is 11.3 Å². The third-order valence-electron chi connectivity index (χ3n) is 10.8. The Labute approximate surface area is 328 Å². The summed E-state index contributed by atoms with van der Waals surface area (Å²) in [5.74, 6) is 0.736. The second-order valence-electron chi connectivity index (χ2n) is 14.2. The molecule has 56 heavy (non-hydrogen) atoms. The van der Waals surface area contributed by atoms with E-state index in [9.17, 15) is 0 Å². The van der Waals surface area contributed by atoms with Gasteiger partial charge in [-0.05, 0) is 69.8 Å². The molecule has 0 aliphatic heterocycles. The van der Waals surface area contributed by atoms with Crippen molar-refractivity contribution in [3.8, 4) is 61.7 Å². The highest BCUT2D eigenvalue weighted by Gasteiger charge is 2.18. The number of rotatable bonds is 6. The summed E-state index contributed by atoms with van der Waals surface area (Å²) in [5, 5.41) is 3.68. The van der Waals surface area contributed by atoms with Crippen LogP contribution in [0.4, 0.5) is 0 Å². The summed E-state index contributed by atoms with van der Waals surface area (Å²) in [6.07, 6.45) is 0. The molecule has 0 spiro atoms. The molecule has 0 aliphatic carbocycles. The van der Waals surface area contributed by atoms with E-state index in [1.54, 1.807) is 11.3 Å². The molecule has 0 N–H and O–H groups in total. The first-order chi connectivity index (χ1) is 27.7. The van der Waals surface area contributed by atoms with Crippen molar-refractivity contribution in [1.29, 1.82) is 0 Å². The van der Waals surface area contributed by atoms with Crippen LogP contribution in [0.25, 0.3) is 104 Å². The van der Waals surface area contributed by atoms with Crippen molar-refractivity contribution in [2.24, 2.45) is 0 Å². The van der Waals surface area contributed by atoms with Crippen LogP contribution in [0.3, 0.4) is 0 Å². The Hall–Kier alpha value is -7.14. The monoisotopic (exact) mass is 731 g/mol. The molecule has 11 rings (SSSR count). The van der Waals surface area contributed by atoms with Crippen LogP contribution in [-0.2, 0) is 0 Å². The Morgan fingerprint density at radius 2 is 0.875 bits per heavy atom. The van der Waals surface area contributed by atoms with Crippen LogP contribution in [0.1, 0.15) is 0 Å². The molecule has 0 atom stereocenters. The number of hydrogen-bond donors (Lipinski definition) is 0. The lowest BCUT2D eigenvalue weighted by molar-refractivity contribution is 1.18. The number of hydrogen-bond acceptors (Lipinski definition) is 3. The minimum Gasteiger partial charge on any atom is -0.309 e. The van der Waals surface area contributed by atoms with Crippen molar-refractivity contribution in [2.75, 3.05) is 0 Å². The van der Waals surface area contributed by atoms with Gasteiger partial charge in [-0.2, -0.15) is 0 Å². The number of fused-ring (bicyclic) bond motifs is 6. The van der Waals surface area contributed by atoms with Gasteiger partial charge in [-0.1, -0.05) is 164 Å². The van der Waals surface area contributed by atoms with Gasteiger partial charge in [-0.15, -0.1) is 11.3 Å². The first kappa shape index (κ1) is 32.3. The van der Waals surface area contributed by atoms with Crippen molar-refractivity contribution in [3.63, 3.8) is 0 Å². The first-order valence-electron chi connectivity index (χ1n) is 18.9. The van der Waals surface area contributed by atoms with Gasteiger partial charge in [0, 0.05) is 37.7 Å². The number of aromatic nitrogens is 3. The molecular formula is C52H33N3S. The summed E-state index contributed by atoms with van der Waals surface area (Å²) in [6, 6.07) is 71.5. The predicted octanol–water partition coefficient (Wildman–Crippen LogP) is 14.3.